The zero-order valence-electron chi connectivity index (χ0n) is 10.4. The summed E-state index contributed by atoms with van der Waals surface area (Å²) in [5.41, 5.74) is 1.30. The number of thioether (sulfide) groups is 1. The Hall–Kier alpha value is 0.0500. The summed E-state index contributed by atoms with van der Waals surface area (Å²) >= 11 is 2.14. The van der Waals surface area contributed by atoms with E-state index in [0.717, 1.165) is 13.0 Å². The van der Waals surface area contributed by atoms with Crippen molar-refractivity contribution in [2.75, 3.05) is 12.3 Å². The molecule has 0 saturated carbocycles. The van der Waals surface area contributed by atoms with E-state index in [2.05, 4.69) is 44.4 Å². The van der Waals surface area contributed by atoms with E-state index >= 15 is 0 Å². The highest BCUT2D eigenvalue weighted by Crippen LogP contribution is 2.41. The molecule has 1 aliphatic heterocycles. The largest absolute Gasteiger partial charge is 0.312 e. The third kappa shape index (κ3) is 3.84. The standard InChI is InChI=1S/C13H25NS/c1-5-8-14-12(10-11(2)3)13(4)7-6-9-15-13/h12,14H,2,5-10H2,1,3-4H3. The molecular weight excluding hydrogens is 202 g/mol. The summed E-state index contributed by atoms with van der Waals surface area (Å²) in [5, 5.41) is 3.70. The van der Waals surface area contributed by atoms with Gasteiger partial charge >= 0.3 is 0 Å². The van der Waals surface area contributed by atoms with Crippen molar-refractivity contribution < 1.29 is 0 Å². The van der Waals surface area contributed by atoms with Crippen molar-refractivity contribution in [3.63, 3.8) is 0 Å². The van der Waals surface area contributed by atoms with Gasteiger partial charge in [-0.3, -0.25) is 0 Å². The molecule has 0 aliphatic carbocycles. The maximum atomic E-state index is 4.06. The van der Waals surface area contributed by atoms with Crippen LogP contribution in [0.15, 0.2) is 12.2 Å². The molecule has 0 radical (unpaired) electrons. The molecule has 1 aliphatic rings. The molecule has 1 heterocycles. The second kappa shape index (κ2) is 5.95. The van der Waals surface area contributed by atoms with Crippen molar-refractivity contribution in [2.24, 2.45) is 0 Å². The Kier molecular flexibility index (Phi) is 5.20. The minimum atomic E-state index is 0.439. The number of hydrogen-bond donors (Lipinski definition) is 1. The summed E-state index contributed by atoms with van der Waals surface area (Å²) < 4.78 is 0.439. The van der Waals surface area contributed by atoms with Crippen molar-refractivity contribution in [3.8, 4) is 0 Å². The number of rotatable bonds is 6. The van der Waals surface area contributed by atoms with E-state index in [1.807, 2.05) is 0 Å². The Morgan fingerprint density at radius 2 is 2.33 bits per heavy atom. The minimum Gasteiger partial charge on any atom is -0.312 e. The molecule has 1 fully saturated rings. The maximum absolute atomic E-state index is 4.06. The zero-order chi connectivity index (χ0) is 11.3. The van der Waals surface area contributed by atoms with Gasteiger partial charge in [0.15, 0.2) is 0 Å². The number of nitrogens with one attached hydrogen (secondary N) is 1. The fraction of sp³-hybridized carbons (Fsp3) is 0.846. The smallest absolute Gasteiger partial charge is 0.0288 e. The van der Waals surface area contributed by atoms with Crippen molar-refractivity contribution >= 4 is 11.8 Å². The second-order valence-electron chi connectivity index (χ2n) is 4.93. The van der Waals surface area contributed by atoms with E-state index in [1.165, 1.54) is 30.6 Å². The highest BCUT2D eigenvalue weighted by Gasteiger charge is 2.37. The molecule has 0 aromatic rings. The first-order valence-electron chi connectivity index (χ1n) is 6.10. The van der Waals surface area contributed by atoms with Gasteiger partial charge in [0.05, 0.1) is 0 Å². The topological polar surface area (TPSA) is 12.0 Å². The molecule has 0 spiro atoms. The fourth-order valence-corrected chi connectivity index (χ4v) is 3.66. The molecule has 1 rings (SSSR count). The predicted octanol–water partition coefficient (Wildman–Crippen LogP) is 3.61. The summed E-state index contributed by atoms with van der Waals surface area (Å²) in [7, 11) is 0. The predicted molar refractivity (Wildman–Crippen MR) is 71.6 cm³/mol. The van der Waals surface area contributed by atoms with E-state index in [1.54, 1.807) is 0 Å². The lowest BCUT2D eigenvalue weighted by atomic mass is 9.91. The van der Waals surface area contributed by atoms with Crippen LogP contribution in [-0.4, -0.2) is 23.1 Å². The third-order valence-electron chi connectivity index (χ3n) is 3.18. The highest BCUT2D eigenvalue weighted by molar-refractivity contribution is 8.00. The third-order valence-corrected chi connectivity index (χ3v) is 4.82. The van der Waals surface area contributed by atoms with Crippen LogP contribution in [0.5, 0.6) is 0 Å². The van der Waals surface area contributed by atoms with Crippen LogP contribution in [0.4, 0.5) is 0 Å². The molecule has 0 aromatic carbocycles. The quantitative estimate of drug-likeness (QED) is 0.696. The summed E-state index contributed by atoms with van der Waals surface area (Å²) in [6.45, 7) is 12.0. The van der Waals surface area contributed by atoms with Crippen molar-refractivity contribution in [1.82, 2.24) is 5.32 Å². The minimum absolute atomic E-state index is 0.439. The summed E-state index contributed by atoms with van der Waals surface area (Å²) in [6.07, 6.45) is 5.07. The van der Waals surface area contributed by atoms with Gasteiger partial charge in [0.25, 0.3) is 0 Å². The van der Waals surface area contributed by atoms with Crippen LogP contribution in [0, 0.1) is 0 Å². The number of hydrogen-bond acceptors (Lipinski definition) is 2. The van der Waals surface area contributed by atoms with Crippen LogP contribution in [0.2, 0.25) is 0 Å². The Bertz CT molecular complexity index is 207. The van der Waals surface area contributed by atoms with Gasteiger partial charge in [0, 0.05) is 10.8 Å². The lowest BCUT2D eigenvalue weighted by Gasteiger charge is -2.34. The van der Waals surface area contributed by atoms with Gasteiger partial charge in [-0.2, -0.15) is 11.8 Å². The van der Waals surface area contributed by atoms with Gasteiger partial charge in [-0.05, 0) is 51.8 Å². The Morgan fingerprint density at radius 1 is 1.60 bits per heavy atom. The molecule has 1 saturated heterocycles. The molecule has 0 bridgehead atoms. The first kappa shape index (κ1) is 13.1. The van der Waals surface area contributed by atoms with Gasteiger partial charge in [0.1, 0.15) is 0 Å². The monoisotopic (exact) mass is 227 g/mol. The van der Waals surface area contributed by atoms with Gasteiger partial charge in [0.2, 0.25) is 0 Å². The van der Waals surface area contributed by atoms with E-state index in [-0.39, 0.29) is 0 Å². The lowest BCUT2D eigenvalue weighted by Crippen LogP contribution is -2.45. The van der Waals surface area contributed by atoms with E-state index in [9.17, 15) is 0 Å². The van der Waals surface area contributed by atoms with Gasteiger partial charge in [-0.25, -0.2) is 0 Å². The lowest BCUT2D eigenvalue weighted by molar-refractivity contribution is 0.398. The maximum Gasteiger partial charge on any atom is 0.0288 e. The Labute approximate surface area is 99.1 Å². The molecule has 1 N–H and O–H groups in total. The summed E-state index contributed by atoms with van der Waals surface area (Å²) in [5.74, 6) is 1.33. The molecule has 1 nitrogen and oxygen atoms in total. The first-order valence-corrected chi connectivity index (χ1v) is 7.09. The summed E-state index contributed by atoms with van der Waals surface area (Å²) in [6, 6.07) is 0.613. The molecule has 2 heteroatoms. The Morgan fingerprint density at radius 3 is 2.80 bits per heavy atom. The van der Waals surface area contributed by atoms with Crippen LogP contribution in [0.3, 0.4) is 0 Å². The summed E-state index contributed by atoms with van der Waals surface area (Å²) in [4.78, 5) is 0. The fourth-order valence-electron chi connectivity index (χ4n) is 2.25. The van der Waals surface area contributed by atoms with Gasteiger partial charge in [-0.1, -0.05) is 12.5 Å². The van der Waals surface area contributed by atoms with E-state index in [0.29, 0.717) is 10.8 Å². The first-order chi connectivity index (χ1) is 7.08. The highest BCUT2D eigenvalue weighted by atomic mass is 32.2. The molecule has 88 valence electrons. The molecular formula is C13H25NS. The van der Waals surface area contributed by atoms with Gasteiger partial charge in [-0.15, -0.1) is 6.58 Å². The van der Waals surface area contributed by atoms with Crippen LogP contribution >= 0.6 is 11.8 Å². The van der Waals surface area contributed by atoms with E-state index < -0.39 is 0 Å². The average Bonchev–Trinajstić information content (AvgIpc) is 2.60. The second-order valence-corrected chi connectivity index (χ2v) is 6.56. The molecule has 2 atom stereocenters. The molecule has 15 heavy (non-hydrogen) atoms. The zero-order valence-corrected chi connectivity index (χ0v) is 11.3. The van der Waals surface area contributed by atoms with E-state index in [4.69, 9.17) is 0 Å². The van der Waals surface area contributed by atoms with Gasteiger partial charge < -0.3 is 5.32 Å². The van der Waals surface area contributed by atoms with Crippen LogP contribution in [-0.2, 0) is 0 Å². The Balaban J connectivity index is 2.57. The van der Waals surface area contributed by atoms with Crippen molar-refractivity contribution in [2.45, 2.75) is 57.2 Å². The van der Waals surface area contributed by atoms with Crippen LogP contribution in [0.1, 0.15) is 46.5 Å². The SMILES string of the molecule is C=C(C)CC(NCCC)C1(C)CCCS1. The van der Waals surface area contributed by atoms with Crippen molar-refractivity contribution in [3.05, 3.63) is 12.2 Å². The average molecular weight is 227 g/mol. The normalized spacial score (nSPS) is 27.9. The molecule has 0 aromatic heterocycles. The molecule has 2 unspecified atom stereocenters. The van der Waals surface area contributed by atoms with Crippen LogP contribution < -0.4 is 5.32 Å². The van der Waals surface area contributed by atoms with Crippen LogP contribution in [0.25, 0.3) is 0 Å². The van der Waals surface area contributed by atoms with Crippen molar-refractivity contribution in [1.29, 1.82) is 0 Å². The molecule has 0 amide bonds.